The van der Waals surface area contributed by atoms with Gasteiger partial charge < -0.3 is 15.3 Å². The summed E-state index contributed by atoms with van der Waals surface area (Å²) in [6, 6.07) is 2.31. The van der Waals surface area contributed by atoms with Gasteiger partial charge in [-0.2, -0.15) is 13.2 Å². The maximum Gasteiger partial charge on any atom is 0.416 e. The molecular weight excluding hydrogens is 289 g/mol. The maximum atomic E-state index is 12.5. The minimum absolute atomic E-state index is 0.272. The lowest BCUT2D eigenvalue weighted by atomic mass is 10.00. The van der Waals surface area contributed by atoms with Crippen molar-refractivity contribution in [2.45, 2.75) is 24.8 Å². The largest absolute Gasteiger partial charge is 0.481 e. The van der Waals surface area contributed by atoms with Gasteiger partial charge in [0.05, 0.1) is 18.1 Å². The predicted octanol–water partition coefficient (Wildman–Crippen LogP) is 2.23. The molecule has 0 aliphatic heterocycles. The van der Waals surface area contributed by atoms with Gasteiger partial charge in [-0.25, -0.2) is 0 Å². The van der Waals surface area contributed by atoms with E-state index >= 15 is 0 Å². The third kappa shape index (κ3) is 4.38. The van der Waals surface area contributed by atoms with Crippen LogP contribution in [0.2, 0.25) is 5.02 Å². The standard InChI is InChI=1S/C11H10ClF3O4/c12-7-2-5(1-6(3-7)11(13,14)15)10(19)8(16)4-9(17)18/h1-3,8,10,16,19H,4H2,(H,17,18). The quantitative estimate of drug-likeness (QED) is 0.796. The summed E-state index contributed by atoms with van der Waals surface area (Å²) in [5.41, 5.74) is -1.38. The van der Waals surface area contributed by atoms with E-state index in [9.17, 15) is 28.2 Å². The van der Waals surface area contributed by atoms with Crippen LogP contribution in [0.4, 0.5) is 13.2 Å². The molecule has 0 saturated carbocycles. The first-order valence-electron chi connectivity index (χ1n) is 5.07. The minimum atomic E-state index is -4.66. The van der Waals surface area contributed by atoms with Gasteiger partial charge >= 0.3 is 12.1 Å². The van der Waals surface area contributed by atoms with Crippen LogP contribution in [0, 0.1) is 0 Å². The number of halogens is 4. The highest BCUT2D eigenvalue weighted by Crippen LogP contribution is 2.34. The number of aliphatic hydroxyl groups is 2. The van der Waals surface area contributed by atoms with Gasteiger partial charge in [0.2, 0.25) is 0 Å². The van der Waals surface area contributed by atoms with Gasteiger partial charge in [0.1, 0.15) is 6.10 Å². The van der Waals surface area contributed by atoms with Crippen LogP contribution >= 0.6 is 11.6 Å². The molecule has 0 aromatic heterocycles. The zero-order chi connectivity index (χ0) is 14.8. The highest BCUT2D eigenvalue weighted by Gasteiger charge is 2.32. The summed E-state index contributed by atoms with van der Waals surface area (Å²) in [4.78, 5) is 10.4. The SMILES string of the molecule is O=C(O)CC(O)C(O)c1cc(Cl)cc(C(F)(F)F)c1. The number of aliphatic carboxylic acids is 1. The molecule has 0 bridgehead atoms. The van der Waals surface area contributed by atoms with Crippen LogP contribution in [-0.4, -0.2) is 27.4 Å². The van der Waals surface area contributed by atoms with Crippen molar-refractivity contribution in [2.75, 3.05) is 0 Å². The van der Waals surface area contributed by atoms with Crippen LogP contribution in [0.5, 0.6) is 0 Å². The fraction of sp³-hybridized carbons (Fsp3) is 0.364. The Bertz CT molecular complexity index is 475. The van der Waals surface area contributed by atoms with Crippen molar-refractivity contribution in [2.24, 2.45) is 0 Å². The lowest BCUT2D eigenvalue weighted by Gasteiger charge is -2.18. The molecule has 8 heteroatoms. The Morgan fingerprint density at radius 3 is 2.32 bits per heavy atom. The molecule has 4 nitrogen and oxygen atoms in total. The third-order valence-corrected chi connectivity index (χ3v) is 2.56. The first kappa shape index (κ1) is 15.7. The Morgan fingerprint density at radius 2 is 1.84 bits per heavy atom. The molecule has 0 aliphatic rings. The van der Waals surface area contributed by atoms with Crippen LogP contribution in [-0.2, 0) is 11.0 Å². The number of carboxylic acids is 1. The summed E-state index contributed by atoms with van der Waals surface area (Å²) in [6.07, 6.45) is -8.94. The van der Waals surface area contributed by atoms with Gasteiger partial charge in [-0.1, -0.05) is 11.6 Å². The average molecular weight is 299 g/mol. The number of hydrogen-bond acceptors (Lipinski definition) is 3. The van der Waals surface area contributed by atoms with Crippen molar-refractivity contribution in [1.29, 1.82) is 0 Å². The Hall–Kier alpha value is -1.31. The molecular formula is C11H10ClF3O4. The molecule has 1 rings (SSSR count). The second-order valence-electron chi connectivity index (χ2n) is 3.88. The van der Waals surface area contributed by atoms with Gasteiger partial charge in [0, 0.05) is 5.02 Å². The summed E-state index contributed by atoms with van der Waals surface area (Å²) in [5.74, 6) is -1.38. The molecule has 19 heavy (non-hydrogen) atoms. The van der Waals surface area contributed by atoms with E-state index in [1.54, 1.807) is 0 Å². The first-order chi connectivity index (χ1) is 8.61. The number of rotatable bonds is 4. The molecule has 1 aromatic carbocycles. The highest BCUT2D eigenvalue weighted by molar-refractivity contribution is 6.30. The summed E-state index contributed by atoms with van der Waals surface area (Å²) in [7, 11) is 0. The lowest BCUT2D eigenvalue weighted by molar-refractivity contribution is -0.141. The maximum absolute atomic E-state index is 12.5. The molecule has 2 atom stereocenters. The summed E-state index contributed by atoms with van der Waals surface area (Å²) < 4.78 is 37.6. The Balaban J connectivity index is 3.06. The molecule has 0 aliphatic carbocycles. The second kappa shape index (κ2) is 5.77. The number of carbonyl (C=O) groups is 1. The molecule has 0 spiro atoms. The van der Waals surface area contributed by atoms with Crippen LogP contribution in [0.1, 0.15) is 23.7 Å². The molecule has 0 radical (unpaired) electrons. The number of benzene rings is 1. The highest BCUT2D eigenvalue weighted by atomic mass is 35.5. The fourth-order valence-corrected chi connectivity index (χ4v) is 1.70. The fourth-order valence-electron chi connectivity index (χ4n) is 1.46. The van der Waals surface area contributed by atoms with Crippen molar-refractivity contribution in [3.05, 3.63) is 34.3 Å². The topological polar surface area (TPSA) is 77.8 Å². The molecule has 0 amide bonds. The normalized spacial score (nSPS) is 15.1. The number of hydrogen-bond donors (Lipinski definition) is 3. The van der Waals surface area contributed by atoms with Crippen LogP contribution in [0.3, 0.4) is 0 Å². The van der Waals surface area contributed by atoms with E-state index in [1.165, 1.54) is 0 Å². The third-order valence-electron chi connectivity index (χ3n) is 2.34. The monoisotopic (exact) mass is 298 g/mol. The summed E-state index contributed by atoms with van der Waals surface area (Å²) in [6.45, 7) is 0. The van der Waals surface area contributed by atoms with E-state index in [2.05, 4.69) is 0 Å². The van der Waals surface area contributed by atoms with E-state index in [0.29, 0.717) is 12.1 Å². The molecule has 106 valence electrons. The van der Waals surface area contributed by atoms with E-state index in [0.717, 1.165) is 6.07 Å². The van der Waals surface area contributed by atoms with Gasteiger partial charge in [-0.15, -0.1) is 0 Å². The smallest absolute Gasteiger partial charge is 0.416 e. The van der Waals surface area contributed by atoms with Gasteiger partial charge in [0.15, 0.2) is 0 Å². The van der Waals surface area contributed by atoms with Crippen molar-refractivity contribution >= 4 is 17.6 Å². The summed E-state index contributed by atoms with van der Waals surface area (Å²) in [5, 5.41) is 27.2. The predicted molar refractivity (Wildman–Crippen MR) is 59.7 cm³/mol. The number of alkyl halides is 3. The minimum Gasteiger partial charge on any atom is -0.481 e. The van der Waals surface area contributed by atoms with Crippen molar-refractivity contribution in [3.8, 4) is 0 Å². The molecule has 3 N–H and O–H groups in total. The van der Waals surface area contributed by atoms with Crippen LogP contribution < -0.4 is 0 Å². The lowest BCUT2D eigenvalue weighted by Crippen LogP contribution is -2.22. The van der Waals surface area contributed by atoms with E-state index in [-0.39, 0.29) is 10.6 Å². The summed E-state index contributed by atoms with van der Waals surface area (Å²) >= 11 is 5.50. The van der Waals surface area contributed by atoms with Crippen molar-refractivity contribution in [3.63, 3.8) is 0 Å². The second-order valence-corrected chi connectivity index (χ2v) is 4.32. The Kier molecular flexibility index (Phi) is 4.78. The molecule has 2 unspecified atom stereocenters. The number of carboxylic acid groups (broad SMARTS) is 1. The van der Waals surface area contributed by atoms with Gasteiger partial charge in [0.25, 0.3) is 0 Å². The zero-order valence-electron chi connectivity index (χ0n) is 9.36. The van der Waals surface area contributed by atoms with Crippen LogP contribution in [0.25, 0.3) is 0 Å². The van der Waals surface area contributed by atoms with Crippen molar-refractivity contribution < 1.29 is 33.3 Å². The van der Waals surface area contributed by atoms with Crippen molar-refractivity contribution in [1.82, 2.24) is 0 Å². The zero-order valence-corrected chi connectivity index (χ0v) is 10.1. The Morgan fingerprint density at radius 1 is 1.26 bits per heavy atom. The van der Waals surface area contributed by atoms with Gasteiger partial charge in [-0.3, -0.25) is 4.79 Å². The molecule has 1 aromatic rings. The molecule has 0 saturated heterocycles. The van der Waals surface area contributed by atoms with E-state index < -0.39 is 36.3 Å². The molecule has 0 heterocycles. The Labute approximate surface area is 111 Å². The van der Waals surface area contributed by atoms with E-state index in [4.69, 9.17) is 16.7 Å². The average Bonchev–Trinajstić information content (AvgIpc) is 2.25. The first-order valence-corrected chi connectivity index (χ1v) is 5.44. The van der Waals surface area contributed by atoms with Crippen LogP contribution in [0.15, 0.2) is 18.2 Å². The van der Waals surface area contributed by atoms with E-state index in [1.807, 2.05) is 0 Å². The van der Waals surface area contributed by atoms with Gasteiger partial charge in [-0.05, 0) is 23.8 Å². The molecule has 0 fully saturated rings. The number of aliphatic hydroxyl groups excluding tert-OH is 2.